The molecule has 0 bridgehead atoms. The Morgan fingerprint density at radius 1 is 1.30 bits per heavy atom. The highest BCUT2D eigenvalue weighted by molar-refractivity contribution is 5.29. The Hall–Kier alpha value is -1.00. The van der Waals surface area contributed by atoms with E-state index in [0.717, 1.165) is 44.1 Å². The van der Waals surface area contributed by atoms with Gasteiger partial charge in [-0.25, -0.2) is 4.39 Å². The van der Waals surface area contributed by atoms with Crippen molar-refractivity contribution in [3.63, 3.8) is 0 Å². The molecule has 2 saturated heterocycles. The van der Waals surface area contributed by atoms with Crippen LogP contribution in [0.1, 0.15) is 69.3 Å². The maximum Gasteiger partial charge on any atom is 0.114 e. The van der Waals surface area contributed by atoms with Crippen LogP contribution in [0, 0.1) is 0 Å². The summed E-state index contributed by atoms with van der Waals surface area (Å²) < 4.78 is 18.9. The molecular weight excluding hydrogens is 291 g/mol. The monoisotopic (exact) mass is 322 g/mol. The second-order valence-electron chi connectivity index (χ2n) is 6.61. The molecule has 0 saturated carbocycles. The van der Waals surface area contributed by atoms with Crippen LogP contribution >= 0.6 is 0 Å². The molecule has 3 heterocycles. The van der Waals surface area contributed by atoms with E-state index in [0.29, 0.717) is 24.8 Å². The molecule has 3 nitrogen and oxygen atoms in total. The zero-order valence-electron chi connectivity index (χ0n) is 15.0. The van der Waals surface area contributed by atoms with E-state index < -0.39 is 6.17 Å². The van der Waals surface area contributed by atoms with Gasteiger partial charge in [0.05, 0.1) is 12.3 Å². The van der Waals surface area contributed by atoms with Crippen molar-refractivity contribution in [1.29, 1.82) is 0 Å². The number of alkyl halides is 1. The first-order valence-corrected chi connectivity index (χ1v) is 9.07. The lowest BCUT2D eigenvalue weighted by atomic mass is 9.95. The maximum atomic E-state index is 13.4. The molecule has 3 rings (SSSR count). The quantitative estimate of drug-likeness (QED) is 0.827. The molecule has 23 heavy (non-hydrogen) atoms. The van der Waals surface area contributed by atoms with Crippen molar-refractivity contribution >= 4 is 0 Å². The summed E-state index contributed by atoms with van der Waals surface area (Å²) in [5.74, 6) is 0.877. The van der Waals surface area contributed by atoms with E-state index in [1.54, 1.807) is 0 Å². The van der Waals surface area contributed by atoms with Crippen molar-refractivity contribution in [3.8, 4) is 0 Å². The van der Waals surface area contributed by atoms with Gasteiger partial charge < -0.3 is 4.74 Å². The van der Waals surface area contributed by atoms with E-state index in [2.05, 4.69) is 30.9 Å². The molecule has 2 aliphatic rings. The number of nitrogens with zero attached hydrogens (tertiary/aromatic N) is 2. The van der Waals surface area contributed by atoms with Crippen molar-refractivity contribution in [2.24, 2.45) is 0 Å². The molecule has 130 valence electrons. The van der Waals surface area contributed by atoms with Crippen molar-refractivity contribution in [2.45, 2.75) is 65.1 Å². The topological polar surface area (TPSA) is 25.4 Å². The standard InChI is InChI=1S/C17H25FN2O.C2H6/c1-12(2)16-4-3-15(13-6-8-21-11-13)17(19-16)10-20-7-5-14(18)9-20;1-2/h3-4,12-14H,5-11H2,1-2H3;1-2H3. The fraction of sp³-hybridized carbons (Fsp3) is 0.737. The summed E-state index contributed by atoms with van der Waals surface area (Å²) >= 11 is 0. The number of aromatic nitrogens is 1. The average Bonchev–Trinajstić information content (AvgIpc) is 3.21. The zero-order chi connectivity index (χ0) is 16.8. The van der Waals surface area contributed by atoms with Crippen molar-refractivity contribution in [3.05, 3.63) is 29.1 Å². The average molecular weight is 322 g/mol. The third kappa shape index (κ3) is 4.74. The number of pyridine rings is 1. The molecule has 0 aliphatic carbocycles. The Labute approximate surface area is 140 Å². The van der Waals surface area contributed by atoms with Gasteiger partial charge in [0, 0.05) is 37.9 Å². The van der Waals surface area contributed by atoms with Crippen LogP contribution < -0.4 is 0 Å². The van der Waals surface area contributed by atoms with Crippen LogP contribution in [0.15, 0.2) is 12.1 Å². The first-order chi connectivity index (χ1) is 11.1. The minimum atomic E-state index is -0.670. The Bertz CT molecular complexity index is 486. The third-order valence-corrected chi connectivity index (χ3v) is 4.58. The highest BCUT2D eigenvalue weighted by Gasteiger charge is 2.26. The van der Waals surface area contributed by atoms with E-state index in [-0.39, 0.29) is 0 Å². The number of ether oxygens (including phenoxy) is 1. The molecule has 2 unspecified atom stereocenters. The molecule has 0 amide bonds. The number of hydrogen-bond donors (Lipinski definition) is 0. The normalized spacial score (nSPS) is 24.8. The predicted molar refractivity (Wildman–Crippen MR) is 92.6 cm³/mol. The molecule has 0 spiro atoms. The van der Waals surface area contributed by atoms with Crippen molar-refractivity contribution in [2.75, 3.05) is 26.3 Å². The summed E-state index contributed by atoms with van der Waals surface area (Å²) in [6.07, 6.45) is 1.06. The molecule has 2 atom stereocenters. The molecule has 0 aromatic carbocycles. The van der Waals surface area contributed by atoms with E-state index in [4.69, 9.17) is 9.72 Å². The lowest BCUT2D eigenvalue weighted by Gasteiger charge is -2.20. The van der Waals surface area contributed by atoms with Crippen LogP contribution in [-0.4, -0.2) is 42.4 Å². The van der Waals surface area contributed by atoms with Gasteiger partial charge in [-0.2, -0.15) is 0 Å². The lowest BCUT2D eigenvalue weighted by Crippen LogP contribution is -2.23. The fourth-order valence-corrected chi connectivity index (χ4v) is 3.27. The summed E-state index contributed by atoms with van der Waals surface area (Å²) in [5.41, 5.74) is 3.56. The van der Waals surface area contributed by atoms with Crippen LogP contribution in [0.4, 0.5) is 4.39 Å². The Morgan fingerprint density at radius 3 is 2.65 bits per heavy atom. The van der Waals surface area contributed by atoms with Gasteiger partial charge in [-0.3, -0.25) is 9.88 Å². The highest BCUT2D eigenvalue weighted by Crippen LogP contribution is 2.30. The Kier molecular flexibility index (Phi) is 6.97. The number of likely N-dealkylation sites (tertiary alicyclic amines) is 1. The summed E-state index contributed by atoms with van der Waals surface area (Å²) in [5, 5.41) is 0. The largest absolute Gasteiger partial charge is 0.381 e. The second-order valence-corrected chi connectivity index (χ2v) is 6.61. The first-order valence-electron chi connectivity index (χ1n) is 9.07. The van der Waals surface area contributed by atoms with Crippen molar-refractivity contribution < 1.29 is 9.13 Å². The zero-order valence-corrected chi connectivity index (χ0v) is 15.0. The SMILES string of the molecule is CC.CC(C)c1ccc(C2CCOC2)c(CN2CCC(F)C2)n1. The van der Waals surface area contributed by atoms with E-state index in [1.807, 2.05) is 13.8 Å². The number of halogens is 1. The molecule has 4 heteroatoms. The Morgan fingerprint density at radius 2 is 2.09 bits per heavy atom. The molecule has 0 N–H and O–H groups in total. The summed E-state index contributed by atoms with van der Waals surface area (Å²) in [6.45, 7) is 12.1. The fourth-order valence-electron chi connectivity index (χ4n) is 3.27. The smallest absolute Gasteiger partial charge is 0.114 e. The minimum Gasteiger partial charge on any atom is -0.381 e. The maximum absolute atomic E-state index is 13.4. The van der Waals surface area contributed by atoms with E-state index >= 15 is 0 Å². The van der Waals surface area contributed by atoms with Gasteiger partial charge >= 0.3 is 0 Å². The molecule has 1 aromatic rings. The van der Waals surface area contributed by atoms with E-state index in [9.17, 15) is 4.39 Å². The Balaban J connectivity index is 0.000000924. The molecule has 2 aliphatic heterocycles. The summed E-state index contributed by atoms with van der Waals surface area (Å²) in [7, 11) is 0. The lowest BCUT2D eigenvalue weighted by molar-refractivity contribution is 0.193. The third-order valence-electron chi connectivity index (χ3n) is 4.58. The van der Waals surface area contributed by atoms with Crippen LogP contribution in [0.5, 0.6) is 0 Å². The van der Waals surface area contributed by atoms with E-state index in [1.165, 1.54) is 5.56 Å². The summed E-state index contributed by atoms with van der Waals surface area (Å²) in [4.78, 5) is 7.08. The van der Waals surface area contributed by atoms with Crippen molar-refractivity contribution in [1.82, 2.24) is 9.88 Å². The van der Waals surface area contributed by atoms with Gasteiger partial charge in [0.1, 0.15) is 6.17 Å². The van der Waals surface area contributed by atoms with Gasteiger partial charge in [-0.15, -0.1) is 0 Å². The van der Waals surface area contributed by atoms with Gasteiger partial charge in [-0.05, 0) is 30.4 Å². The molecule has 1 aromatic heterocycles. The molecular formula is C19H31FN2O. The van der Waals surface area contributed by atoms with Gasteiger partial charge in [-0.1, -0.05) is 33.8 Å². The van der Waals surface area contributed by atoms with Crippen LogP contribution in [0.3, 0.4) is 0 Å². The summed E-state index contributed by atoms with van der Waals surface area (Å²) in [6, 6.07) is 4.36. The van der Waals surface area contributed by atoms with Gasteiger partial charge in [0.25, 0.3) is 0 Å². The first kappa shape index (κ1) is 18.3. The molecule has 0 radical (unpaired) electrons. The predicted octanol–water partition coefficient (Wildman–Crippen LogP) is 4.28. The number of hydrogen-bond acceptors (Lipinski definition) is 3. The van der Waals surface area contributed by atoms with Gasteiger partial charge in [0.2, 0.25) is 0 Å². The van der Waals surface area contributed by atoms with Crippen LogP contribution in [0.2, 0.25) is 0 Å². The second kappa shape index (κ2) is 8.74. The van der Waals surface area contributed by atoms with Gasteiger partial charge in [0.15, 0.2) is 0 Å². The molecule has 2 fully saturated rings. The minimum absolute atomic E-state index is 0.421. The van der Waals surface area contributed by atoms with Crippen LogP contribution in [-0.2, 0) is 11.3 Å². The number of rotatable bonds is 4. The highest BCUT2D eigenvalue weighted by atomic mass is 19.1. The van der Waals surface area contributed by atoms with Crippen LogP contribution in [0.25, 0.3) is 0 Å².